The summed E-state index contributed by atoms with van der Waals surface area (Å²) in [5.41, 5.74) is 2.50. The zero-order chi connectivity index (χ0) is 14.9. The monoisotopic (exact) mass is 284 g/mol. The quantitative estimate of drug-likeness (QED) is 0.577. The van der Waals surface area contributed by atoms with Gasteiger partial charge in [0.2, 0.25) is 0 Å². The molecule has 21 heavy (non-hydrogen) atoms. The lowest BCUT2D eigenvalue weighted by Crippen LogP contribution is -2.22. The van der Waals surface area contributed by atoms with Crippen molar-refractivity contribution in [2.75, 3.05) is 13.1 Å². The van der Waals surface area contributed by atoms with E-state index in [1.165, 1.54) is 5.56 Å². The van der Waals surface area contributed by atoms with Gasteiger partial charge in [-0.2, -0.15) is 0 Å². The third-order valence-electron chi connectivity index (χ3n) is 3.38. The van der Waals surface area contributed by atoms with Crippen molar-refractivity contribution in [2.24, 2.45) is 5.18 Å². The molecule has 0 aliphatic carbocycles. The largest absolute Gasteiger partial charge is 0.387 e. The van der Waals surface area contributed by atoms with E-state index in [1.54, 1.807) is 24.3 Å². The van der Waals surface area contributed by atoms with Gasteiger partial charge >= 0.3 is 0 Å². The van der Waals surface area contributed by atoms with Crippen LogP contribution in [0.2, 0.25) is 0 Å². The van der Waals surface area contributed by atoms with Crippen molar-refractivity contribution < 1.29 is 5.11 Å². The Kier molecular flexibility index (Phi) is 6.06. The van der Waals surface area contributed by atoms with Gasteiger partial charge in [0.1, 0.15) is 5.69 Å². The average molecular weight is 284 g/mol. The van der Waals surface area contributed by atoms with Crippen molar-refractivity contribution in [3.8, 4) is 0 Å². The van der Waals surface area contributed by atoms with Gasteiger partial charge in [-0.1, -0.05) is 42.5 Å². The Morgan fingerprint density at radius 2 is 1.76 bits per heavy atom. The van der Waals surface area contributed by atoms with E-state index in [4.69, 9.17) is 0 Å². The minimum absolute atomic E-state index is 0.377. The molecule has 2 aromatic rings. The molecule has 0 radical (unpaired) electrons. The van der Waals surface area contributed by atoms with Gasteiger partial charge in [-0.15, -0.1) is 4.91 Å². The molecule has 1 unspecified atom stereocenters. The van der Waals surface area contributed by atoms with E-state index in [9.17, 15) is 10.0 Å². The van der Waals surface area contributed by atoms with Crippen LogP contribution in [-0.4, -0.2) is 18.2 Å². The Labute approximate surface area is 124 Å². The van der Waals surface area contributed by atoms with Crippen LogP contribution in [0.1, 0.15) is 23.7 Å². The molecule has 0 saturated heterocycles. The third kappa shape index (κ3) is 5.10. The van der Waals surface area contributed by atoms with Crippen molar-refractivity contribution in [2.45, 2.75) is 18.9 Å². The van der Waals surface area contributed by atoms with E-state index >= 15 is 0 Å². The highest BCUT2D eigenvalue weighted by Gasteiger charge is 2.06. The zero-order valence-corrected chi connectivity index (χ0v) is 11.9. The van der Waals surface area contributed by atoms with E-state index in [0.717, 1.165) is 24.9 Å². The number of nitrogens with zero attached hydrogens (tertiary/aromatic N) is 1. The molecule has 4 nitrogen and oxygen atoms in total. The summed E-state index contributed by atoms with van der Waals surface area (Å²) in [6.45, 7) is 1.36. The molecule has 0 aliphatic heterocycles. The van der Waals surface area contributed by atoms with Crippen LogP contribution in [-0.2, 0) is 6.42 Å². The Hall–Kier alpha value is -2.04. The van der Waals surface area contributed by atoms with Crippen LogP contribution in [0.5, 0.6) is 0 Å². The van der Waals surface area contributed by atoms with Crippen molar-refractivity contribution in [3.05, 3.63) is 70.6 Å². The lowest BCUT2D eigenvalue weighted by Gasteiger charge is -2.12. The van der Waals surface area contributed by atoms with Gasteiger partial charge in [-0.3, -0.25) is 0 Å². The highest BCUT2D eigenvalue weighted by atomic mass is 16.3. The molecular formula is C17H20N2O2. The lowest BCUT2D eigenvalue weighted by atomic mass is 10.1. The molecule has 0 saturated carbocycles. The molecule has 2 aromatic carbocycles. The molecule has 0 aromatic heterocycles. The second-order valence-corrected chi connectivity index (χ2v) is 4.99. The van der Waals surface area contributed by atoms with E-state index in [-0.39, 0.29) is 0 Å². The number of rotatable bonds is 8. The van der Waals surface area contributed by atoms with Gasteiger partial charge < -0.3 is 10.4 Å². The first-order valence-corrected chi connectivity index (χ1v) is 7.15. The second-order valence-electron chi connectivity index (χ2n) is 4.99. The smallest absolute Gasteiger partial charge is 0.108 e. The highest BCUT2D eigenvalue weighted by Crippen LogP contribution is 2.17. The molecule has 110 valence electrons. The van der Waals surface area contributed by atoms with E-state index < -0.39 is 6.10 Å². The summed E-state index contributed by atoms with van der Waals surface area (Å²) < 4.78 is 0. The standard InChI is InChI=1S/C17H20N2O2/c20-17(15-8-10-16(19-21)11-9-15)13-18-12-4-7-14-5-2-1-3-6-14/h1-3,5-6,8-11,17-18,20H,4,7,12-13H2. The van der Waals surface area contributed by atoms with Gasteiger partial charge in [0.05, 0.1) is 6.10 Å². The van der Waals surface area contributed by atoms with Gasteiger partial charge in [0.25, 0.3) is 0 Å². The van der Waals surface area contributed by atoms with Gasteiger partial charge in [-0.25, -0.2) is 0 Å². The Morgan fingerprint density at radius 1 is 1.05 bits per heavy atom. The fraction of sp³-hybridized carbons (Fsp3) is 0.294. The summed E-state index contributed by atoms with van der Waals surface area (Å²) in [6.07, 6.45) is 1.50. The summed E-state index contributed by atoms with van der Waals surface area (Å²) in [5, 5.41) is 16.1. The van der Waals surface area contributed by atoms with E-state index in [1.807, 2.05) is 18.2 Å². The maximum Gasteiger partial charge on any atom is 0.108 e. The fourth-order valence-electron chi connectivity index (χ4n) is 2.18. The maximum atomic E-state index is 10.3. The number of nitrogens with one attached hydrogen (secondary N) is 1. The molecule has 2 rings (SSSR count). The summed E-state index contributed by atoms with van der Waals surface area (Å²) in [5.74, 6) is 0. The first-order valence-electron chi connectivity index (χ1n) is 7.15. The van der Waals surface area contributed by atoms with Gasteiger partial charge in [0.15, 0.2) is 0 Å². The van der Waals surface area contributed by atoms with Gasteiger partial charge in [0, 0.05) is 6.54 Å². The minimum Gasteiger partial charge on any atom is -0.387 e. The number of benzene rings is 2. The molecule has 0 bridgehead atoms. The summed E-state index contributed by atoms with van der Waals surface area (Å²) >= 11 is 0. The van der Waals surface area contributed by atoms with Crippen LogP contribution in [0.3, 0.4) is 0 Å². The van der Waals surface area contributed by atoms with Gasteiger partial charge in [-0.05, 0) is 47.8 Å². The van der Waals surface area contributed by atoms with E-state index in [2.05, 4.69) is 22.6 Å². The zero-order valence-electron chi connectivity index (χ0n) is 11.9. The van der Waals surface area contributed by atoms with Crippen molar-refractivity contribution in [1.82, 2.24) is 5.32 Å². The highest BCUT2D eigenvalue weighted by molar-refractivity contribution is 5.39. The number of aliphatic hydroxyl groups is 1. The predicted molar refractivity (Wildman–Crippen MR) is 84.5 cm³/mol. The number of hydrogen-bond acceptors (Lipinski definition) is 4. The van der Waals surface area contributed by atoms with Crippen LogP contribution in [0.25, 0.3) is 0 Å². The first kappa shape index (κ1) is 15.4. The van der Waals surface area contributed by atoms with Crippen molar-refractivity contribution in [1.29, 1.82) is 0 Å². The molecule has 0 aliphatic rings. The molecule has 0 amide bonds. The number of nitroso groups, excluding NO2 is 1. The summed E-state index contributed by atoms with van der Waals surface area (Å²) in [4.78, 5) is 10.3. The topological polar surface area (TPSA) is 61.7 Å². The Bertz CT molecular complexity index is 540. The Balaban J connectivity index is 1.66. The van der Waals surface area contributed by atoms with Crippen molar-refractivity contribution in [3.63, 3.8) is 0 Å². The SMILES string of the molecule is O=Nc1ccc(C(O)CNCCCc2ccccc2)cc1. The molecule has 0 fully saturated rings. The van der Waals surface area contributed by atoms with Crippen molar-refractivity contribution >= 4 is 5.69 Å². The number of aliphatic hydroxyl groups excluding tert-OH is 1. The fourth-order valence-corrected chi connectivity index (χ4v) is 2.18. The molecule has 1 atom stereocenters. The lowest BCUT2D eigenvalue weighted by molar-refractivity contribution is 0.175. The van der Waals surface area contributed by atoms with Crippen LogP contribution >= 0.6 is 0 Å². The van der Waals surface area contributed by atoms with E-state index in [0.29, 0.717) is 12.2 Å². The van der Waals surface area contributed by atoms with Crippen LogP contribution in [0.4, 0.5) is 5.69 Å². The first-order chi connectivity index (χ1) is 10.3. The summed E-state index contributed by atoms with van der Waals surface area (Å²) in [6, 6.07) is 17.0. The maximum absolute atomic E-state index is 10.3. The molecular weight excluding hydrogens is 264 g/mol. The second kappa shape index (κ2) is 8.29. The average Bonchev–Trinajstić information content (AvgIpc) is 2.55. The van der Waals surface area contributed by atoms with Crippen LogP contribution in [0.15, 0.2) is 59.8 Å². The number of aryl methyl sites for hydroxylation is 1. The normalized spacial score (nSPS) is 12.0. The van der Waals surface area contributed by atoms with Crippen LogP contribution in [0, 0.1) is 4.91 Å². The summed E-state index contributed by atoms with van der Waals surface area (Å²) in [7, 11) is 0. The third-order valence-corrected chi connectivity index (χ3v) is 3.38. The molecule has 0 spiro atoms. The molecule has 4 heteroatoms. The number of hydrogen-bond donors (Lipinski definition) is 2. The minimum atomic E-state index is -0.567. The molecule has 2 N–H and O–H groups in total. The predicted octanol–water partition coefficient (Wildman–Crippen LogP) is 3.34. The molecule has 0 heterocycles. The van der Waals surface area contributed by atoms with Crippen LogP contribution < -0.4 is 5.32 Å². The Morgan fingerprint density at radius 3 is 2.43 bits per heavy atom.